The van der Waals surface area contributed by atoms with Gasteiger partial charge in [0.1, 0.15) is 0 Å². The van der Waals surface area contributed by atoms with Crippen LogP contribution < -0.4 is 0 Å². The van der Waals surface area contributed by atoms with Gasteiger partial charge in [0.2, 0.25) is 0 Å². The average Bonchev–Trinajstić information content (AvgIpc) is 2.69. The monoisotopic (exact) mass is 241 g/mol. The first-order valence-corrected chi connectivity index (χ1v) is 6.44. The minimum absolute atomic E-state index is 0.213. The van der Waals surface area contributed by atoms with Gasteiger partial charge in [-0.05, 0) is 30.1 Å². The molecule has 1 heterocycles. The third kappa shape index (κ3) is 3.12. The second-order valence-corrected chi connectivity index (χ2v) is 6.67. The molecule has 1 saturated carbocycles. The van der Waals surface area contributed by atoms with Crippen molar-refractivity contribution >= 4 is 6.09 Å². The smallest absolute Gasteiger partial charge is 0.407 e. The highest BCUT2D eigenvalue weighted by atomic mass is 16.5. The van der Waals surface area contributed by atoms with Gasteiger partial charge >= 0.3 is 6.09 Å². The lowest BCUT2D eigenvalue weighted by Gasteiger charge is -2.22. The van der Waals surface area contributed by atoms with E-state index in [1.165, 1.54) is 0 Å². The van der Waals surface area contributed by atoms with E-state index >= 15 is 0 Å². The van der Waals surface area contributed by atoms with Crippen LogP contribution in [-0.2, 0) is 4.74 Å². The molecule has 17 heavy (non-hydrogen) atoms. The van der Waals surface area contributed by atoms with Crippen molar-refractivity contribution in [3.8, 4) is 0 Å². The molecule has 0 aromatic heterocycles. The molecule has 0 radical (unpaired) electrons. The number of nitrogens with zero attached hydrogens (tertiary/aromatic N) is 1. The van der Waals surface area contributed by atoms with Crippen LogP contribution in [0, 0.1) is 17.3 Å². The van der Waals surface area contributed by atoms with E-state index in [1.54, 1.807) is 4.90 Å². The molecular weight excluding hydrogens is 218 g/mol. The summed E-state index contributed by atoms with van der Waals surface area (Å²) < 4.78 is 5.93. The van der Waals surface area contributed by atoms with Crippen LogP contribution in [0.3, 0.4) is 0 Å². The first-order chi connectivity index (χ1) is 7.85. The fraction of sp³-hybridized carbons (Fsp3) is 0.923. The van der Waals surface area contributed by atoms with Gasteiger partial charge in [0.15, 0.2) is 0 Å². The third-order valence-corrected chi connectivity index (χ3v) is 3.73. The molecule has 4 nitrogen and oxygen atoms in total. The Morgan fingerprint density at radius 1 is 1.29 bits per heavy atom. The van der Waals surface area contributed by atoms with Crippen molar-refractivity contribution in [3.63, 3.8) is 0 Å². The van der Waals surface area contributed by atoms with Gasteiger partial charge in [-0.15, -0.1) is 0 Å². The summed E-state index contributed by atoms with van der Waals surface area (Å²) in [4.78, 5) is 12.4. The molecule has 1 N–H and O–H groups in total. The molecule has 0 aromatic rings. The number of ether oxygens (including phenoxy) is 1. The number of fused-ring (bicyclic) bond motifs is 1. The summed E-state index contributed by atoms with van der Waals surface area (Å²) in [5.74, 6) is 1.05. The van der Waals surface area contributed by atoms with Crippen molar-refractivity contribution < 1.29 is 14.6 Å². The lowest BCUT2D eigenvalue weighted by atomic mass is 9.98. The quantitative estimate of drug-likeness (QED) is 0.807. The maximum Gasteiger partial charge on any atom is 0.407 e. The van der Waals surface area contributed by atoms with Crippen LogP contribution >= 0.6 is 0 Å². The van der Waals surface area contributed by atoms with E-state index in [0.29, 0.717) is 31.0 Å². The number of hydrogen-bond acceptors (Lipinski definition) is 2. The normalized spacial score (nSPS) is 32.9. The molecule has 2 aliphatic rings. The van der Waals surface area contributed by atoms with Crippen molar-refractivity contribution in [2.75, 3.05) is 19.7 Å². The molecule has 2 fully saturated rings. The van der Waals surface area contributed by atoms with E-state index in [-0.39, 0.29) is 5.41 Å². The van der Waals surface area contributed by atoms with Gasteiger partial charge in [0.25, 0.3) is 0 Å². The van der Waals surface area contributed by atoms with Crippen LogP contribution in [0.1, 0.15) is 33.6 Å². The summed E-state index contributed by atoms with van der Waals surface area (Å²) in [6.45, 7) is 8.73. The third-order valence-electron chi connectivity index (χ3n) is 3.73. The van der Waals surface area contributed by atoms with Crippen molar-refractivity contribution in [2.24, 2.45) is 17.3 Å². The summed E-state index contributed by atoms with van der Waals surface area (Å²) in [5, 5.41) is 8.94. The van der Waals surface area contributed by atoms with Crippen LogP contribution in [-0.4, -0.2) is 41.9 Å². The molecule has 1 amide bonds. The molecule has 1 saturated heterocycles. The van der Waals surface area contributed by atoms with Crippen LogP contribution in [0.25, 0.3) is 0 Å². The minimum Gasteiger partial charge on any atom is -0.465 e. The second kappa shape index (κ2) is 4.48. The highest BCUT2D eigenvalue weighted by molar-refractivity contribution is 5.65. The van der Waals surface area contributed by atoms with Crippen LogP contribution in [0.4, 0.5) is 4.79 Å². The lowest BCUT2D eigenvalue weighted by Crippen LogP contribution is -2.29. The Bertz CT molecular complexity index is 284. The summed E-state index contributed by atoms with van der Waals surface area (Å²) in [5.41, 5.74) is 0.213. The van der Waals surface area contributed by atoms with Gasteiger partial charge in [-0.2, -0.15) is 0 Å². The van der Waals surface area contributed by atoms with E-state index < -0.39 is 6.09 Å². The molecule has 98 valence electrons. The molecule has 0 spiro atoms. The molecule has 2 rings (SSSR count). The Labute approximate surface area is 103 Å². The Balaban J connectivity index is 1.78. The standard InChI is InChI=1S/C13H23NO3/c1-13(2,3)8-17-11-4-9-6-14(12(15)16)7-10(9)5-11/h9-11H,4-8H2,1-3H3,(H,15,16)/t9-,10+,11?. The lowest BCUT2D eigenvalue weighted by molar-refractivity contribution is 0.00710. The summed E-state index contributed by atoms with van der Waals surface area (Å²) in [7, 11) is 0. The van der Waals surface area contributed by atoms with Gasteiger partial charge in [-0.25, -0.2) is 4.79 Å². The molecule has 1 aliphatic heterocycles. The molecule has 4 heteroatoms. The number of amides is 1. The van der Waals surface area contributed by atoms with Crippen LogP contribution in [0.2, 0.25) is 0 Å². The van der Waals surface area contributed by atoms with Crippen molar-refractivity contribution in [3.05, 3.63) is 0 Å². The van der Waals surface area contributed by atoms with Crippen LogP contribution in [0.5, 0.6) is 0 Å². The fourth-order valence-corrected chi connectivity index (χ4v) is 2.90. The number of rotatable bonds is 2. The molecule has 1 unspecified atom stereocenters. The van der Waals surface area contributed by atoms with Crippen LogP contribution in [0.15, 0.2) is 0 Å². The minimum atomic E-state index is -0.772. The number of carbonyl (C=O) groups is 1. The van der Waals surface area contributed by atoms with Crippen molar-refractivity contribution in [1.82, 2.24) is 4.90 Å². The predicted octanol–water partition coefficient (Wildman–Crippen LogP) is 2.44. The van der Waals surface area contributed by atoms with Gasteiger partial charge in [-0.1, -0.05) is 20.8 Å². The Kier molecular flexibility index (Phi) is 3.34. The number of carboxylic acid groups (broad SMARTS) is 1. The number of hydrogen-bond donors (Lipinski definition) is 1. The summed E-state index contributed by atoms with van der Waals surface area (Å²) in [6.07, 6.45) is 1.64. The van der Waals surface area contributed by atoms with Crippen molar-refractivity contribution in [1.29, 1.82) is 0 Å². The van der Waals surface area contributed by atoms with E-state index in [2.05, 4.69) is 20.8 Å². The first kappa shape index (κ1) is 12.7. The van der Waals surface area contributed by atoms with Gasteiger partial charge in [0.05, 0.1) is 12.7 Å². The molecule has 3 atom stereocenters. The first-order valence-electron chi connectivity index (χ1n) is 6.44. The maximum atomic E-state index is 10.9. The van der Waals surface area contributed by atoms with Gasteiger partial charge < -0.3 is 14.7 Å². The molecule has 0 bridgehead atoms. The highest BCUT2D eigenvalue weighted by Crippen LogP contribution is 2.39. The highest BCUT2D eigenvalue weighted by Gasteiger charge is 2.42. The Hall–Kier alpha value is -0.770. The van der Waals surface area contributed by atoms with E-state index in [4.69, 9.17) is 9.84 Å². The summed E-state index contributed by atoms with van der Waals surface area (Å²) in [6, 6.07) is 0. The zero-order valence-electron chi connectivity index (χ0n) is 11.0. The van der Waals surface area contributed by atoms with Gasteiger partial charge in [-0.3, -0.25) is 0 Å². The van der Waals surface area contributed by atoms with Crippen molar-refractivity contribution in [2.45, 2.75) is 39.7 Å². The second-order valence-electron chi connectivity index (χ2n) is 6.67. The zero-order valence-corrected chi connectivity index (χ0v) is 11.0. The largest absolute Gasteiger partial charge is 0.465 e. The topological polar surface area (TPSA) is 49.8 Å². The zero-order chi connectivity index (χ0) is 12.6. The molecule has 1 aliphatic carbocycles. The SMILES string of the molecule is CC(C)(C)COC1C[C@@H]2CN(C(=O)O)C[C@@H]2C1. The Morgan fingerprint density at radius 2 is 1.82 bits per heavy atom. The van der Waals surface area contributed by atoms with E-state index in [1.807, 2.05) is 0 Å². The molecule has 0 aromatic carbocycles. The maximum absolute atomic E-state index is 10.9. The molecular formula is C13H23NO3. The summed E-state index contributed by atoms with van der Waals surface area (Å²) >= 11 is 0. The average molecular weight is 241 g/mol. The Morgan fingerprint density at radius 3 is 2.24 bits per heavy atom. The fourth-order valence-electron chi connectivity index (χ4n) is 2.90. The van der Waals surface area contributed by atoms with E-state index in [0.717, 1.165) is 19.4 Å². The van der Waals surface area contributed by atoms with Gasteiger partial charge in [0, 0.05) is 13.1 Å². The predicted molar refractivity (Wildman–Crippen MR) is 65.0 cm³/mol. The number of likely N-dealkylation sites (tertiary alicyclic amines) is 1. The van der Waals surface area contributed by atoms with E-state index in [9.17, 15) is 4.79 Å².